The van der Waals surface area contributed by atoms with Crippen molar-refractivity contribution in [1.82, 2.24) is 0 Å². The lowest BCUT2D eigenvalue weighted by molar-refractivity contribution is 1.57. The summed E-state index contributed by atoms with van der Waals surface area (Å²) in [4.78, 5) is 0. The molecule has 1 aliphatic carbocycles. The first-order chi connectivity index (χ1) is 5.79. The zero-order chi connectivity index (χ0) is 8.55. The quantitative estimate of drug-likeness (QED) is 0.511. The van der Waals surface area contributed by atoms with Gasteiger partial charge in [0.15, 0.2) is 5.57 Å². The largest absolute Gasteiger partial charge is 0.730 e. The molecule has 0 aliphatic heterocycles. The predicted octanol–water partition coefficient (Wildman–Crippen LogP) is 2.43. The van der Waals surface area contributed by atoms with Crippen molar-refractivity contribution in [2.45, 2.75) is 0 Å². The highest BCUT2D eigenvalue weighted by Crippen LogP contribution is 2.20. The highest BCUT2D eigenvalue weighted by atomic mass is 14.4. The first-order valence-electron chi connectivity index (χ1n) is 3.75. The van der Waals surface area contributed by atoms with Crippen LogP contribution in [0.5, 0.6) is 0 Å². The van der Waals surface area contributed by atoms with Crippen molar-refractivity contribution >= 4 is 11.8 Å². The summed E-state index contributed by atoms with van der Waals surface area (Å²) in [5.41, 5.74) is 2.41. The van der Waals surface area contributed by atoms with Crippen LogP contribution < -0.4 is 0 Å². The maximum absolute atomic E-state index is 9.53. The van der Waals surface area contributed by atoms with Gasteiger partial charge in [0, 0.05) is 17.2 Å². The van der Waals surface area contributed by atoms with Gasteiger partial charge in [-0.1, -0.05) is 18.2 Å². The molecule has 56 valence electrons. The highest BCUT2D eigenvalue weighted by Gasteiger charge is 2.13. The Hall–Kier alpha value is -1.72. The van der Waals surface area contributed by atoms with Crippen LogP contribution in [0.3, 0.4) is 0 Å². The summed E-state index contributed by atoms with van der Waals surface area (Å²) in [5.74, 6) is 0. The molecule has 0 amide bonds. The van der Waals surface area contributed by atoms with Crippen molar-refractivity contribution in [1.29, 1.82) is 0 Å². The van der Waals surface area contributed by atoms with Crippen LogP contribution >= 0.6 is 0 Å². The van der Waals surface area contributed by atoms with Crippen LogP contribution in [0.4, 0.5) is 0 Å². The summed E-state index contributed by atoms with van der Waals surface area (Å²) >= 11 is 0. The van der Waals surface area contributed by atoms with Gasteiger partial charge in [-0.2, -0.15) is 0 Å². The molecule has 0 heterocycles. The molecular weight excluding hydrogens is 146 g/mol. The SMILES string of the molecule is [CH+]=C1C=Cc2ccccc2C1=[N-]. The standard InChI is InChI=1S/C11H7N/c1-8-6-7-9-4-2-3-5-10(9)11(8)12/h1-7H. The average molecular weight is 153 g/mol. The van der Waals surface area contributed by atoms with Gasteiger partial charge in [-0.25, -0.2) is 0 Å². The molecule has 1 aliphatic rings. The van der Waals surface area contributed by atoms with E-state index in [9.17, 15) is 5.41 Å². The smallest absolute Gasteiger partial charge is 0.167 e. The minimum absolute atomic E-state index is 0.174. The van der Waals surface area contributed by atoms with Gasteiger partial charge in [-0.05, 0) is 18.4 Å². The molecule has 1 nitrogen and oxygen atoms in total. The molecule has 0 radical (unpaired) electrons. The van der Waals surface area contributed by atoms with E-state index in [-0.39, 0.29) is 5.71 Å². The van der Waals surface area contributed by atoms with E-state index in [0.29, 0.717) is 5.57 Å². The summed E-state index contributed by atoms with van der Waals surface area (Å²) in [6, 6.07) is 7.59. The van der Waals surface area contributed by atoms with Crippen molar-refractivity contribution in [2.24, 2.45) is 0 Å². The zero-order valence-corrected chi connectivity index (χ0v) is 6.49. The molecule has 1 heteroatoms. The fourth-order valence-electron chi connectivity index (χ4n) is 1.27. The molecule has 0 saturated carbocycles. The van der Waals surface area contributed by atoms with E-state index < -0.39 is 0 Å². The Morgan fingerprint density at radius 2 is 1.83 bits per heavy atom. The van der Waals surface area contributed by atoms with E-state index in [1.54, 1.807) is 6.08 Å². The van der Waals surface area contributed by atoms with Crippen molar-refractivity contribution < 1.29 is 0 Å². The van der Waals surface area contributed by atoms with Crippen molar-refractivity contribution in [3.8, 4) is 0 Å². The highest BCUT2D eigenvalue weighted by molar-refractivity contribution is 6.19. The lowest BCUT2D eigenvalue weighted by atomic mass is 9.93. The van der Waals surface area contributed by atoms with Crippen LogP contribution in [-0.2, 0) is 0 Å². The van der Waals surface area contributed by atoms with Crippen LogP contribution in [0, 0.1) is 6.58 Å². The van der Waals surface area contributed by atoms with Gasteiger partial charge in [-0.15, -0.1) is 0 Å². The minimum Gasteiger partial charge on any atom is -0.730 e. The Balaban J connectivity index is 2.67. The summed E-state index contributed by atoms with van der Waals surface area (Å²) in [7, 11) is 0. The number of rotatable bonds is 0. The summed E-state index contributed by atoms with van der Waals surface area (Å²) < 4.78 is 0. The van der Waals surface area contributed by atoms with Crippen molar-refractivity contribution in [3.63, 3.8) is 0 Å². The van der Waals surface area contributed by atoms with E-state index in [4.69, 9.17) is 6.58 Å². The van der Waals surface area contributed by atoms with E-state index in [2.05, 4.69) is 0 Å². The number of fused-ring (bicyclic) bond motifs is 1. The second-order valence-corrected chi connectivity index (χ2v) is 2.72. The maximum Gasteiger partial charge on any atom is 0.167 e. The molecule has 0 unspecified atom stereocenters. The molecule has 2 rings (SSSR count). The lowest BCUT2D eigenvalue weighted by Gasteiger charge is -2.11. The Morgan fingerprint density at radius 3 is 2.67 bits per heavy atom. The first-order valence-corrected chi connectivity index (χ1v) is 3.75. The first kappa shape index (κ1) is 6.96. The molecule has 0 spiro atoms. The third-order valence-corrected chi connectivity index (χ3v) is 1.93. The van der Waals surface area contributed by atoms with E-state index >= 15 is 0 Å². The zero-order valence-electron chi connectivity index (χ0n) is 6.49. The number of benzene rings is 1. The van der Waals surface area contributed by atoms with Gasteiger partial charge < -0.3 is 5.41 Å². The van der Waals surface area contributed by atoms with Crippen molar-refractivity contribution in [2.75, 3.05) is 0 Å². The molecule has 0 aromatic heterocycles. The number of allylic oxidation sites excluding steroid dienone is 2. The molecule has 0 saturated heterocycles. The fraction of sp³-hybridized carbons (Fsp3) is 0. The third kappa shape index (κ3) is 0.884. The number of nitrogens with zero attached hydrogens (tertiary/aromatic N) is 1. The molecule has 12 heavy (non-hydrogen) atoms. The van der Waals surface area contributed by atoms with Crippen LogP contribution in [0.2, 0.25) is 0 Å². The Labute approximate surface area is 71.6 Å². The second kappa shape index (κ2) is 2.40. The summed E-state index contributed by atoms with van der Waals surface area (Å²) in [6.45, 7) is 5.54. The van der Waals surface area contributed by atoms with Gasteiger partial charge in [0.25, 0.3) is 0 Å². The summed E-state index contributed by atoms with van der Waals surface area (Å²) in [5, 5.41) is 9.53. The van der Waals surface area contributed by atoms with E-state index in [1.165, 1.54) is 0 Å². The molecule has 1 aromatic carbocycles. The molecular formula is C11H7N. The van der Waals surface area contributed by atoms with Crippen LogP contribution in [0.25, 0.3) is 11.5 Å². The molecule has 0 N–H and O–H groups in total. The molecule has 0 bridgehead atoms. The molecule has 1 aromatic rings. The maximum atomic E-state index is 9.53. The fourth-order valence-corrected chi connectivity index (χ4v) is 1.27. The normalized spacial score (nSPS) is 14.6. The topological polar surface area (TPSA) is 22.3 Å². The van der Waals surface area contributed by atoms with E-state index in [0.717, 1.165) is 11.1 Å². The van der Waals surface area contributed by atoms with Crippen LogP contribution in [-0.4, -0.2) is 5.71 Å². The molecule has 0 atom stereocenters. The van der Waals surface area contributed by atoms with Gasteiger partial charge in [-0.3, -0.25) is 0 Å². The van der Waals surface area contributed by atoms with Crippen molar-refractivity contribution in [3.05, 3.63) is 59.0 Å². The third-order valence-electron chi connectivity index (χ3n) is 1.93. The molecule has 0 fully saturated rings. The minimum atomic E-state index is 0.174. The van der Waals surface area contributed by atoms with Crippen LogP contribution in [0.1, 0.15) is 11.1 Å². The van der Waals surface area contributed by atoms with Crippen LogP contribution in [0.15, 0.2) is 35.9 Å². The second-order valence-electron chi connectivity index (χ2n) is 2.72. The lowest BCUT2D eigenvalue weighted by Crippen LogP contribution is -2.05. The van der Waals surface area contributed by atoms with E-state index in [1.807, 2.05) is 30.3 Å². The Morgan fingerprint density at radius 1 is 1.08 bits per heavy atom. The van der Waals surface area contributed by atoms with Gasteiger partial charge in [0.1, 0.15) is 0 Å². The monoisotopic (exact) mass is 153 g/mol. The number of hydrogen-bond acceptors (Lipinski definition) is 0. The van der Waals surface area contributed by atoms with Gasteiger partial charge >= 0.3 is 0 Å². The van der Waals surface area contributed by atoms with Gasteiger partial charge in [0.05, 0.1) is 6.08 Å². The summed E-state index contributed by atoms with van der Waals surface area (Å²) in [6.07, 6.45) is 3.60. The Kier molecular flexibility index (Phi) is 1.39. The van der Waals surface area contributed by atoms with Gasteiger partial charge in [0.2, 0.25) is 0 Å². The Bertz CT molecular complexity index is 386. The predicted molar refractivity (Wildman–Crippen MR) is 50.8 cm³/mol. The number of hydrogen-bond donors (Lipinski definition) is 0. The average Bonchev–Trinajstić information content (AvgIpc) is 2.12.